The monoisotopic (exact) mass is 396 g/mol. The molecule has 0 saturated carbocycles. The molecule has 3 rings (SSSR count). The van der Waals surface area contributed by atoms with Crippen LogP contribution in [0.3, 0.4) is 0 Å². The molecule has 1 atom stereocenters. The molecule has 0 bridgehead atoms. The van der Waals surface area contributed by atoms with Gasteiger partial charge >= 0.3 is 0 Å². The Morgan fingerprint density at radius 3 is 2.63 bits per heavy atom. The van der Waals surface area contributed by atoms with Crippen LogP contribution in [0, 0.1) is 5.92 Å². The molecular formula is C17H25FN6O2S. The molecule has 3 heterocycles. The number of aromatic nitrogens is 4. The summed E-state index contributed by atoms with van der Waals surface area (Å²) in [6.07, 6.45) is 4.14. The summed E-state index contributed by atoms with van der Waals surface area (Å²) in [6.45, 7) is 2.94. The molecule has 1 aliphatic rings. The largest absolute Gasteiger partial charge is 0.369 e. The van der Waals surface area contributed by atoms with Crippen molar-refractivity contribution in [3.8, 4) is 0 Å². The van der Waals surface area contributed by atoms with Gasteiger partial charge in [0.05, 0.1) is 6.67 Å². The third-order valence-corrected chi connectivity index (χ3v) is 6.82. The number of nitrogens with zero attached hydrogens (tertiary/aromatic N) is 5. The summed E-state index contributed by atoms with van der Waals surface area (Å²) in [7, 11) is -1.69. The summed E-state index contributed by atoms with van der Waals surface area (Å²) in [5, 5.41) is 11.1. The predicted molar refractivity (Wildman–Crippen MR) is 99.6 cm³/mol. The van der Waals surface area contributed by atoms with Gasteiger partial charge in [-0.25, -0.2) is 13.4 Å². The Kier molecular flexibility index (Phi) is 6.05. The van der Waals surface area contributed by atoms with Crippen LogP contribution >= 0.6 is 0 Å². The molecule has 148 valence electrons. The van der Waals surface area contributed by atoms with Gasteiger partial charge in [-0.1, -0.05) is 6.92 Å². The highest BCUT2D eigenvalue weighted by Crippen LogP contribution is 2.24. The molecule has 1 N–H and O–H groups in total. The third kappa shape index (κ3) is 4.44. The number of anilines is 1. The average Bonchev–Trinajstić information content (AvgIpc) is 3.12. The van der Waals surface area contributed by atoms with Crippen molar-refractivity contribution in [1.29, 1.82) is 0 Å². The maximum Gasteiger partial charge on any atom is 0.244 e. The first-order valence-electron chi connectivity index (χ1n) is 9.01. The molecule has 1 aliphatic heterocycles. The van der Waals surface area contributed by atoms with E-state index in [2.05, 4.69) is 20.5 Å². The van der Waals surface area contributed by atoms with E-state index in [0.29, 0.717) is 38.3 Å². The minimum atomic E-state index is -3.58. The van der Waals surface area contributed by atoms with Crippen molar-refractivity contribution in [3.63, 3.8) is 0 Å². The number of sulfonamides is 1. The van der Waals surface area contributed by atoms with E-state index >= 15 is 0 Å². The zero-order valence-corrected chi connectivity index (χ0v) is 16.4. The Morgan fingerprint density at radius 1 is 1.33 bits per heavy atom. The van der Waals surface area contributed by atoms with Crippen molar-refractivity contribution in [3.05, 3.63) is 30.5 Å². The summed E-state index contributed by atoms with van der Waals surface area (Å²) >= 11 is 0. The Balaban J connectivity index is 1.60. The molecule has 8 nitrogen and oxygen atoms in total. The van der Waals surface area contributed by atoms with Crippen LogP contribution in [0.25, 0.3) is 0 Å². The molecule has 0 spiro atoms. The lowest BCUT2D eigenvalue weighted by atomic mass is 10.0. The Hall–Kier alpha value is -2.07. The smallest absolute Gasteiger partial charge is 0.244 e. The van der Waals surface area contributed by atoms with Crippen molar-refractivity contribution in [2.75, 3.05) is 31.6 Å². The van der Waals surface area contributed by atoms with Gasteiger partial charge < -0.3 is 9.88 Å². The van der Waals surface area contributed by atoms with E-state index in [1.165, 1.54) is 10.5 Å². The number of nitrogens with one attached hydrogen (secondary N) is 1. The van der Waals surface area contributed by atoms with E-state index in [9.17, 15) is 12.8 Å². The number of rotatable bonds is 7. The predicted octanol–water partition coefficient (Wildman–Crippen LogP) is 1.80. The first-order valence-corrected chi connectivity index (χ1v) is 10.5. The van der Waals surface area contributed by atoms with Gasteiger partial charge in [-0.2, -0.15) is 4.31 Å². The number of pyridine rings is 1. The summed E-state index contributed by atoms with van der Waals surface area (Å²) < 4.78 is 41.4. The number of hydrogen-bond acceptors (Lipinski definition) is 6. The average molecular weight is 396 g/mol. The van der Waals surface area contributed by atoms with E-state index in [0.717, 1.165) is 5.82 Å². The van der Waals surface area contributed by atoms with Crippen molar-refractivity contribution < 1.29 is 12.8 Å². The molecule has 10 heteroatoms. The molecule has 0 aromatic carbocycles. The lowest BCUT2D eigenvalue weighted by molar-refractivity contribution is 0.233. The van der Waals surface area contributed by atoms with Crippen molar-refractivity contribution >= 4 is 15.8 Å². The van der Waals surface area contributed by atoms with Gasteiger partial charge in [0.1, 0.15) is 22.9 Å². The molecule has 27 heavy (non-hydrogen) atoms. The standard InChI is InChI=1S/C17H25FN6O2S/c1-13(17-22-21-12-23(17)2)10-19-16-4-3-15(11-20-16)27(25,26)24-7-5-14(9-18)6-8-24/h3-4,11-14H,5-10H2,1-2H3,(H,19,20). The molecule has 0 aliphatic carbocycles. The topological polar surface area (TPSA) is 93.0 Å². The van der Waals surface area contributed by atoms with Crippen molar-refractivity contribution in [1.82, 2.24) is 24.1 Å². The Bertz CT molecular complexity index is 847. The number of halogens is 1. The molecule has 2 aromatic heterocycles. The van der Waals surface area contributed by atoms with Gasteiger partial charge in [-0.15, -0.1) is 10.2 Å². The van der Waals surface area contributed by atoms with Crippen LogP contribution in [0.15, 0.2) is 29.6 Å². The fourth-order valence-corrected chi connectivity index (χ4v) is 4.59. The quantitative estimate of drug-likeness (QED) is 0.767. The number of hydrogen-bond donors (Lipinski definition) is 1. The van der Waals surface area contributed by atoms with Crippen LogP contribution in [-0.2, 0) is 17.1 Å². The van der Waals surface area contributed by atoms with Gasteiger partial charge in [0.2, 0.25) is 10.0 Å². The minimum absolute atomic E-state index is 0.0305. The van der Waals surface area contributed by atoms with Gasteiger partial charge in [0, 0.05) is 38.8 Å². The molecule has 0 radical (unpaired) electrons. The highest BCUT2D eigenvalue weighted by Gasteiger charge is 2.29. The van der Waals surface area contributed by atoms with Gasteiger partial charge in [0.15, 0.2) is 0 Å². The SMILES string of the molecule is CC(CNc1ccc(S(=O)(=O)N2CCC(CF)CC2)cn1)c1nncn1C. The van der Waals surface area contributed by atoms with Crippen molar-refractivity contribution in [2.45, 2.75) is 30.6 Å². The van der Waals surface area contributed by atoms with Crippen LogP contribution in [0.2, 0.25) is 0 Å². The third-order valence-electron chi connectivity index (χ3n) is 4.94. The second-order valence-electron chi connectivity index (χ2n) is 6.96. The summed E-state index contributed by atoms with van der Waals surface area (Å²) in [5.74, 6) is 1.55. The number of alkyl halides is 1. The van der Waals surface area contributed by atoms with Crippen LogP contribution in [0.4, 0.5) is 10.2 Å². The summed E-state index contributed by atoms with van der Waals surface area (Å²) in [5.41, 5.74) is 0. The lowest BCUT2D eigenvalue weighted by Crippen LogP contribution is -2.38. The zero-order valence-electron chi connectivity index (χ0n) is 15.5. The van der Waals surface area contributed by atoms with Gasteiger partial charge in [-0.05, 0) is 30.9 Å². The number of piperidine rings is 1. The Labute approximate surface area is 158 Å². The van der Waals surface area contributed by atoms with E-state index in [4.69, 9.17) is 0 Å². The fourth-order valence-electron chi connectivity index (χ4n) is 3.18. The lowest BCUT2D eigenvalue weighted by Gasteiger charge is -2.29. The van der Waals surface area contributed by atoms with Crippen LogP contribution in [0.1, 0.15) is 31.5 Å². The first-order chi connectivity index (χ1) is 12.9. The van der Waals surface area contributed by atoms with E-state index in [1.54, 1.807) is 18.5 Å². The normalized spacial score (nSPS) is 17.7. The molecular weight excluding hydrogens is 371 g/mol. The maximum absolute atomic E-state index is 12.7. The fraction of sp³-hybridized carbons (Fsp3) is 0.588. The highest BCUT2D eigenvalue weighted by molar-refractivity contribution is 7.89. The molecule has 1 unspecified atom stereocenters. The first kappa shape index (κ1) is 19.7. The van der Waals surface area contributed by atoms with Gasteiger partial charge in [0.25, 0.3) is 0 Å². The Morgan fingerprint density at radius 2 is 2.07 bits per heavy atom. The molecule has 2 aromatic rings. The van der Waals surface area contributed by atoms with Crippen LogP contribution in [0.5, 0.6) is 0 Å². The summed E-state index contributed by atoms with van der Waals surface area (Å²) in [6, 6.07) is 3.21. The van der Waals surface area contributed by atoms with E-state index < -0.39 is 10.0 Å². The highest BCUT2D eigenvalue weighted by atomic mass is 32.2. The molecule has 0 amide bonds. The number of aryl methyl sites for hydroxylation is 1. The van der Waals surface area contributed by atoms with Gasteiger partial charge in [-0.3, -0.25) is 4.39 Å². The zero-order chi connectivity index (χ0) is 19.4. The molecule has 1 fully saturated rings. The van der Waals surface area contributed by atoms with Crippen molar-refractivity contribution in [2.24, 2.45) is 13.0 Å². The van der Waals surface area contributed by atoms with E-state index in [1.807, 2.05) is 18.5 Å². The second kappa shape index (κ2) is 8.30. The van der Waals surface area contributed by atoms with Crippen LogP contribution in [-0.4, -0.2) is 58.8 Å². The molecule has 1 saturated heterocycles. The van der Waals surface area contributed by atoms with E-state index in [-0.39, 0.29) is 23.4 Å². The second-order valence-corrected chi connectivity index (χ2v) is 8.90. The maximum atomic E-state index is 12.7. The summed E-state index contributed by atoms with van der Waals surface area (Å²) in [4.78, 5) is 4.39. The van der Waals surface area contributed by atoms with Crippen LogP contribution < -0.4 is 5.32 Å². The minimum Gasteiger partial charge on any atom is -0.369 e.